The van der Waals surface area contributed by atoms with Crippen LogP contribution in [0.1, 0.15) is 44.2 Å². The van der Waals surface area contributed by atoms with Gasteiger partial charge in [0.05, 0.1) is 0 Å². The predicted molar refractivity (Wildman–Crippen MR) is 127 cm³/mol. The largest absolute Gasteiger partial charge is 0.355 e. The Morgan fingerprint density at radius 3 is 2.19 bits per heavy atom. The fraction of sp³-hybridized carbons (Fsp3) is 0.667. The lowest BCUT2D eigenvalue weighted by Gasteiger charge is -2.33. The molecule has 0 bridgehead atoms. The molecule has 1 aliphatic rings. The van der Waals surface area contributed by atoms with E-state index in [1.165, 1.54) is 43.5 Å². The van der Waals surface area contributed by atoms with E-state index in [1.54, 1.807) is 0 Å². The Morgan fingerprint density at radius 2 is 1.63 bits per heavy atom. The van der Waals surface area contributed by atoms with Crippen LogP contribution in [0.15, 0.2) is 29.3 Å². The summed E-state index contributed by atoms with van der Waals surface area (Å²) in [4.78, 5) is 9.11. The number of likely N-dealkylation sites (N-methyl/N-ethyl adjacent to an activating group) is 1. The van der Waals surface area contributed by atoms with Crippen molar-refractivity contribution in [3.8, 4) is 0 Å². The summed E-state index contributed by atoms with van der Waals surface area (Å²) in [5, 5.41) is 6.83. The molecule has 0 amide bonds. The van der Waals surface area contributed by atoms with Gasteiger partial charge in [0.15, 0.2) is 5.96 Å². The third-order valence-electron chi connectivity index (χ3n) is 5.46. The average Bonchev–Trinajstić information content (AvgIpc) is 2.64. The molecule has 6 heteroatoms. The van der Waals surface area contributed by atoms with Gasteiger partial charge in [0, 0.05) is 32.2 Å². The zero-order valence-corrected chi connectivity index (χ0v) is 20.0. The molecule has 0 radical (unpaired) electrons. The first-order valence-corrected chi connectivity index (χ1v) is 9.83. The highest BCUT2D eigenvalue weighted by Gasteiger charge is 2.20. The number of halogens is 1. The molecular weight excluding hydrogens is 449 g/mol. The molecule has 1 aromatic carbocycles. The maximum absolute atomic E-state index is 4.33. The van der Waals surface area contributed by atoms with Crippen LogP contribution in [0, 0.1) is 0 Å². The maximum Gasteiger partial charge on any atom is 0.191 e. The van der Waals surface area contributed by atoms with Gasteiger partial charge in [0.1, 0.15) is 0 Å². The van der Waals surface area contributed by atoms with E-state index in [4.69, 9.17) is 0 Å². The Balaban J connectivity index is 0.00000364. The summed E-state index contributed by atoms with van der Waals surface area (Å²) in [6, 6.07) is 8.97. The van der Waals surface area contributed by atoms with Gasteiger partial charge in [0.25, 0.3) is 0 Å². The van der Waals surface area contributed by atoms with Gasteiger partial charge in [-0.05, 0) is 65.0 Å². The van der Waals surface area contributed by atoms with E-state index < -0.39 is 0 Å². The molecule has 1 heterocycles. The summed E-state index contributed by atoms with van der Waals surface area (Å²) in [6.45, 7) is 9.63. The fourth-order valence-corrected chi connectivity index (χ4v) is 3.00. The number of likely N-dealkylation sites (tertiary alicyclic amines) is 1. The van der Waals surface area contributed by atoms with Crippen molar-refractivity contribution in [3.05, 3.63) is 35.4 Å². The molecule has 2 rings (SSSR count). The van der Waals surface area contributed by atoms with Crippen LogP contribution in [0.25, 0.3) is 0 Å². The number of nitrogens with zero attached hydrogens (tertiary/aromatic N) is 3. The Morgan fingerprint density at radius 1 is 1.04 bits per heavy atom. The minimum absolute atomic E-state index is 0. The molecule has 1 aliphatic heterocycles. The van der Waals surface area contributed by atoms with E-state index in [0.29, 0.717) is 0 Å². The van der Waals surface area contributed by atoms with Crippen molar-refractivity contribution in [2.24, 2.45) is 4.99 Å². The van der Waals surface area contributed by atoms with Gasteiger partial charge >= 0.3 is 0 Å². The van der Waals surface area contributed by atoms with Crippen LogP contribution < -0.4 is 10.6 Å². The number of rotatable bonds is 7. The van der Waals surface area contributed by atoms with E-state index in [9.17, 15) is 0 Å². The van der Waals surface area contributed by atoms with E-state index >= 15 is 0 Å². The molecule has 2 N–H and O–H groups in total. The molecule has 1 fully saturated rings. The molecule has 0 unspecified atom stereocenters. The van der Waals surface area contributed by atoms with Crippen LogP contribution in [0.4, 0.5) is 0 Å². The zero-order chi connectivity index (χ0) is 19.0. The highest BCUT2D eigenvalue weighted by molar-refractivity contribution is 14.0. The van der Waals surface area contributed by atoms with Crippen LogP contribution in [-0.4, -0.2) is 62.1 Å². The van der Waals surface area contributed by atoms with Gasteiger partial charge in [-0.25, -0.2) is 0 Å². The number of hydrogen-bond donors (Lipinski definition) is 2. The lowest BCUT2D eigenvalue weighted by molar-refractivity contribution is 0.197. The zero-order valence-electron chi connectivity index (χ0n) is 17.7. The lowest BCUT2D eigenvalue weighted by atomic mass is 10.0. The SMILES string of the molecule is CN=C(NCc1ccc(CN2CCCCC2)cc1)NCC(C)(C)N(C)C.I. The monoisotopic (exact) mass is 487 g/mol. The first kappa shape index (κ1) is 24.2. The number of guanidine groups is 1. The van der Waals surface area contributed by atoms with Crippen molar-refractivity contribution in [1.29, 1.82) is 0 Å². The summed E-state index contributed by atoms with van der Waals surface area (Å²) < 4.78 is 0. The second-order valence-corrected chi connectivity index (χ2v) is 8.14. The van der Waals surface area contributed by atoms with Crippen molar-refractivity contribution in [3.63, 3.8) is 0 Å². The first-order valence-electron chi connectivity index (χ1n) is 9.83. The van der Waals surface area contributed by atoms with Gasteiger partial charge < -0.3 is 15.5 Å². The normalized spacial score (nSPS) is 16.1. The van der Waals surface area contributed by atoms with Gasteiger partial charge in [-0.3, -0.25) is 9.89 Å². The summed E-state index contributed by atoms with van der Waals surface area (Å²) in [5.41, 5.74) is 2.77. The summed E-state index contributed by atoms with van der Waals surface area (Å²) in [5.74, 6) is 0.845. The summed E-state index contributed by atoms with van der Waals surface area (Å²) >= 11 is 0. The standard InChI is InChI=1S/C21H37N5.HI/c1-21(2,25(4)5)17-24-20(22-3)23-15-18-9-11-19(12-10-18)16-26-13-7-6-8-14-26;/h9-12H,6-8,13-17H2,1-5H3,(H2,22,23,24);1H. The van der Waals surface area contributed by atoms with E-state index in [1.807, 2.05) is 7.05 Å². The van der Waals surface area contributed by atoms with Crippen LogP contribution in [0.2, 0.25) is 0 Å². The number of aliphatic imine (C=N–C) groups is 1. The van der Waals surface area contributed by atoms with Gasteiger partial charge in [0.2, 0.25) is 0 Å². The van der Waals surface area contributed by atoms with Gasteiger partial charge in [-0.1, -0.05) is 30.7 Å². The molecule has 27 heavy (non-hydrogen) atoms. The molecule has 5 nitrogen and oxygen atoms in total. The van der Waals surface area contributed by atoms with Crippen molar-refractivity contribution < 1.29 is 0 Å². The number of hydrogen-bond acceptors (Lipinski definition) is 3. The third-order valence-corrected chi connectivity index (χ3v) is 5.46. The minimum atomic E-state index is 0. The number of nitrogens with one attached hydrogen (secondary N) is 2. The van der Waals surface area contributed by atoms with E-state index in [-0.39, 0.29) is 29.5 Å². The Labute approximate surface area is 183 Å². The second kappa shape index (κ2) is 11.9. The average molecular weight is 487 g/mol. The molecule has 0 aliphatic carbocycles. The third kappa shape index (κ3) is 8.35. The smallest absolute Gasteiger partial charge is 0.191 e. The van der Waals surface area contributed by atoms with Crippen LogP contribution >= 0.6 is 24.0 Å². The fourth-order valence-electron chi connectivity index (χ4n) is 3.00. The summed E-state index contributed by atoms with van der Waals surface area (Å²) in [6.07, 6.45) is 4.08. The van der Waals surface area contributed by atoms with Gasteiger partial charge in [-0.2, -0.15) is 0 Å². The minimum Gasteiger partial charge on any atom is -0.355 e. The highest BCUT2D eigenvalue weighted by atomic mass is 127. The number of piperidine rings is 1. The van der Waals surface area contributed by atoms with Crippen LogP contribution in [-0.2, 0) is 13.1 Å². The van der Waals surface area contributed by atoms with Crippen molar-refractivity contribution >= 4 is 29.9 Å². The molecule has 0 atom stereocenters. The van der Waals surface area contributed by atoms with Crippen LogP contribution in [0.5, 0.6) is 0 Å². The van der Waals surface area contributed by atoms with Crippen molar-refractivity contribution in [1.82, 2.24) is 20.4 Å². The topological polar surface area (TPSA) is 42.9 Å². The van der Waals surface area contributed by atoms with Gasteiger partial charge in [-0.15, -0.1) is 24.0 Å². The molecule has 154 valence electrons. The second-order valence-electron chi connectivity index (χ2n) is 8.14. The van der Waals surface area contributed by atoms with Crippen molar-refractivity contribution in [2.75, 3.05) is 40.8 Å². The Bertz CT molecular complexity index is 562. The lowest BCUT2D eigenvalue weighted by Crippen LogP contribution is -2.50. The molecule has 0 saturated carbocycles. The first-order chi connectivity index (χ1) is 12.4. The molecule has 0 aromatic heterocycles. The Hall–Kier alpha value is -0.860. The highest BCUT2D eigenvalue weighted by Crippen LogP contribution is 2.13. The summed E-state index contributed by atoms with van der Waals surface area (Å²) in [7, 11) is 6.02. The molecular formula is C21H38IN5. The Kier molecular flexibility index (Phi) is 10.6. The molecule has 1 saturated heterocycles. The van der Waals surface area contributed by atoms with E-state index in [2.05, 4.69) is 77.6 Å². The van der Waals surface area contributed by atoms with E-state index in [0.717, 1.165) is 25.6 Å². The number of benzene rings is 1. The van der Waals surface area contributed by atoms with Crippen molar-refractivity contribution in [2.45, 2.75) is 51.7 Å². The maximum atomic E-state index is 4.33. The molecule has 0 spiro atoms. The predicted octanol–water partition coefficient (Wildman–Crippen LogP) is 3.30. The van der Waals surface area contributed by atoms with Crippen LogP contribution in [0.3, 0.4) is 0 Å². The molecule has 1 aromatic rings. The quantitative estimate of drug-likeness (QED) is 0.352.